The van der Waals surface area contributed by atoms with Crippen LogP contribution >= 0.6 is 23.1 Å². The lowest BCUT2D eigenvalue weighted by atomic mass is 10.2. The monoisotopic (exact) mass is 309 g/mol. The first-order valence-corrected chi connectivity index (χ1v) is 8.69. The number of nitrogens with two attached hydrogens (primary N) is 1. The van der Waals surface area contributed by atoms with E-state index >= 15 is 0 Å². The molecule has 1 fully saturated rings. The van der Waals surface area contributed by atoms with Crippen molar-refractivity contribution >= 4 is 39.1 Å². The number of hydrogen-bond acceptors (Lipinski definition) is 7. The highest BCUT2D eigenvalue weighted by molar-refractivity contribution is 7.99. The Morgan fingerprint density at radius 1 is 1.25 bits per heavy atom. The molecule has 1 aliphatic heterocycles. The van der Waals surface area contributed by atoms with E-state index < -0.39 is 0 Å². The molecule has 0 bridgehead atoms. The van der Waals surface area contributed by atoms with E-state index in [2.05, 4.69) is 29.2 Å². The molecule has 0 unspecified atom stereocenters. The summed E-state index contributed by atoms with van der Waals surface area (Å²) in [6.45, 7) is 7.24. The SMILES string of the molecule is Cc1sc2nc(CN3CCSCC3)nc(NN)c2c1C. The fourth-order valence-corrected chi connectivity index (χ4v) is 4.45. The minimum Gasteiger partial charge on any atom is -0.308 e. The lowest BCUT2D eigenvalue weighted by Crippen LogP contribution is -2.32. The van der Waals surface area contributed by atoms with Gasteiger partial charge in [0.1, 0.15) is 10.7 Å². The number of nitrogens with zero attached hydrogens (tertiary/aromatic N) is 3. The molecule has 0 spiro atoms. The fraction of sp³-hybridized carbons (Fsp3) is 0.538. The number of anilines is 1. The van der Waals surface area contributed by atoms with Crippen molar-refractivity contribution in [2.75, 3.05) is 30.0 Å². The topological polar surface area (TPSA) is 67.1 Å². The number of aromatic nitrogens is 2. The summed E-state index contributed by atoms with van der Waals surface area (Å²) in [5.41, 5.74) is 3.96. The predicted octanol–water partition coefficient (Wildman–Crippen LogP) is 2.14. The molecule has 108 valence electrons. The number of fused-ring (bicyclic) bond motifs is 1. The summed E-state index contributed by atoms with van der Waals surface area (Å²) < 4.78 is 0. The Morgan fingerprint density at radius 2 is 2.00 bits per heavy atom. The highest BCUT2D eigenvalue weighted by Crippen LogP contribution is 2.33. The van der Waals surface area contributed by atoms with Crippen molar-refractivity contribution in [1.82, 2.24) is 14.9 Å². The average Bonchev–Trinajstić information content (AvgIpc) is 2.74. The molecule has 0 radical (unpaired) electrons. The van der Waals surface area contributed by atoms with Crippen molar-refractivity contribution in [3.63, 3.8) is 0 Å². The van der Waals surface area contributed by atoms with Gasteiger partial charge in [0.15, 0.2) is 5.82 Å². The summed E-state index contributed by atoms with van der Waals surface area (Å²) in [6, 6.07) is 0. The predicted molar refractivity (Wildman–Crippen MR) is 87.3 cm³/mol. The van der Waals surface area contributed by atoms with Gasteiger partial charge in [-0.25, -0.2) is 15.8 Å². The number of hydrogen-bond donors (Lipinski definition) is 2. The summed E-state index contributed by atoms with van der Waals surface area (Å²) in [5, 5.41) is 1.06. The standard InChI is InChI=1S/C13H19N5S2/c1-8-9(2)20-13-11(8)12(17-14)15-10(16-13)7-18-3-5-19-6-4-18/h3-7,14H2,1-2H3,(H,15,16,17). The molecule has 0 aliphatic carbocycles. The van der Waals surface area contributed by atoms with Crippen LogP contribution in [0.2, 0.25) is 0 Å². The van der Waals surface area contributed by atoms with Crippen molar-refractivity contribution in [2.45, 2.75) is 20.4 Å². The van der Waals surface area contributed by atoms with Crippen molar-refractivity contribution in [3.05, 3.63) is 16.3 Å². The van der Waals surface area contributed by atoms with Gasteiger partial charge in [0.25, 0.3) is 0 Å². The molecule has 1 aliphatic rings. The second-order valence-electron chi connectivity index (χ2n) is 4.98. The number of thiophene rings is 1. The highest BCUT2D eigenvalue weighted by atomic mass is 32.2. The molecule has 3 heterocycles. The molecule has 1 saturated heterocycles. The molecule has 0 saturated carbocycles. The summed E-state index contributed by atoms with van der Waals surface area (Å²) in [5.74, 6) is 9.64. The lowest BCUT2D eigenvalue weighted by Gasteiger charge is -2.25. The molecule has 3 rings (SSSR count). The van der Waals surface area contributed by atoms with Crippen LogP contribution in [0.3, 0.4) is 0 Å². The zero-order chi connectivity index (χ0) is 14.1. The van der Waals surface area contributed by atoms with Gasteiger partial charge in [-0.2, -0.15) is 11.8 Å². The van der Waals surface area contributed by atoms with E-state index in [4.69, 9.17) is 10.8 Å². The van der Waals surface area contributed by atoms with Gasteiger partial charge >= 0.3 is 0 Å². The van der Waals surface area contributed by atoms with Gasteiger partial charge in [-0.05, 0) is 19.4 Å². The number of aryl methyl sites for hydroxylation is 2. The summed E-state index contributed by atoms with van der Waals surface area (Å²) in [7, 11) is 0. The minimum atomic E-state index is 0.748. The van der Waals surface area contributed by atoms with Gasteiger partial charge in [0, 0.05) is 29.5 Å². The molecule has 2 aromatic rings. The maximum absolute atomic E-state index is 5.64. The first-order valence-electron chi connectivity index (χ1n) is 6.72. The van der Waals surface area contributed by atoms with E-state index in [1.54, 1.807) is 11.3 Å². The van der Waals surface area contributed by atoms with E-state index in [0.717, 1.165) is 41.5 Å². The molecule has 0 aromatic carbocycles. The van der Waals surface area contributed by atoms with Crippen LogP contribution in [0.5, 0.6) is 0 Å². The van der Waals surface area contributed by atoms with E-state index in [1.807, 2.05) is 11.8 Å². The number of thioether (sulfide) groups is 1. The van der Waals surface area contributed by atoms with E-state index in [0.29, 0.717) is 0 Å². The smallest absolute Gasteiger partial charge is 0.152 e. The summed E-state index contributed by atoms with van der Waals surface area (Å²) >= 11 is 3.73. The van der Waals surface area contributed by atoms with Crippen molar-refractivity contribution < 1.29 is 0 Å². The van der Waals surface area contributed by atoms with Crippen LogP contribution < -0.4 is 11.3 Å². The molecule has 20 heavy (non-hydrogen) atoms. The third-order valence-electron chi connectivity index (χ3n) is 3.68. The average molecular weight is 309 g/mol. The molecule has 2 aromatic heterocycles. The van der Waals surface area contributed by atoms with Gasteiger partial charge in [0.2, 0.25) is 0 Å². The first kappa shape index (κ1) is 14.1. The number of nitrogen functional groups attached to an aromatic ring is 1. The zero-order valence-electron chi connectivity index (χ0n) is 11.8. The second-order valence-corrected chi connectivity index (χ2v) is 7.41. The normalized spacial score (nSPS) is 16.8. The van der Waals surface area contributed by atoms with Gasteiger partial charge < -0.3 is 5.43 Å². The molecule has 7 heteroatoms. The van der Waals surface area contributed by atoms with Gasteiger partial charge in [-0.15, -0.1) is 11.3 Å². The second kappa shape index (κ2) is 5.85. The molecular weight excluding hydrogens is 290 g/mol. The Kier molecular flexibility index (Phi) is 4.11. The molecule has 0 amide bonds. The quantitative estimate of drug-likeness (QED) is 0.669. The number of rotatable bonds is 3. The van der Waals surface area contributed by atoms with Gasteiger partial charge in [0.05, 0.1) is 11.9 Å². The van der Waals surface area contributed by atoms with Gasteiger partial charge in [-0.3, -0.25) is 4.90 Å². The van der Waals surface area contributed by atoms with E-state index in [9.17, 15) is 0 Å². The third kappa shape index (κ3) is 2.63. The number of hydrazine groups is 1. The third-order valence-corrected chi connectivity index (χ3v) is 5.72. The Morgan fingerprint density at radius 3 is 2.70 bits per heavy atom. The van der Waals surface area contributed by atoms with Crippen LogP contribution in [0.4, 0.5) is 5.82 Å². The van der Waals surface area contributed by atoms with E-state index in [1.165, 1.54) is 21.9 Å². The Hall–Kier alpha value is -0.890. The zero-order valence-corrected chi connectivity index (χ0v) is 13.4. The number of nitrogens with one attached hydrogen (secondary N) is 1. The maximum atomic E-state index is 5.64. The van der Waals surface area contributed by atoms with Crippen LogP contribution in [0.25, 0.3) is 10.2 Å². The van der Waals surface area contributed by atoms with Crippen molar-refractivity contribution in [2.24, 2.45) is 5.84 Å². The summed E-state index contributed by atoms with van der Waals surface area (Å²) in [4.78, 5) is 14.0. The van der Waals surface area contributed by atoms with Crippen LogP contribution in [0, 0.1) is 13.8 Å². The van der Waals surface area contributed by atoms with Crippen LogP contribution in [-0.4, -0.2) is 39.5 Å². The van der Waals surface area contributed by atoms with Crippen LogP contribution in [0.15, 0.2) is 0 Å². The maximum Gasteiger partial charge on any atom is 0.152 e. The fourth-order valence-electron chi connectivity index (χ4n) is 2.43. The largest absolute Gasteiger partial charge is 0.308 e. The molecular formula is C13H19N5S2. The molecule has 0 atom stereocenters. The van der Waals surface area contributed by atoms with Gasteiger partial charge in [-0.1, -0.05) is 0 Å². The van der Waals surface area contributed by atoms with Crippen LogP contribution in [-0.2, 0) is 6.54 Å². The lowest BCUT2D eigenvalue weighted by molar-refractivity contribution is 0.287. The minimum absolute atomic E-state index is 0.748. The van der Waals surface area contributed by atoms with Crippen molar-refractivity contribution in [1.29, 1.82) is 0 Å². The van der Waals surface area contributed by atoms with E-state index in [-0.39, 0.29) is 0 Å². The molecule has 3 N–H and O–H groups in total. The first-order chi connectivity index (χ1) is 9.69. The Bertz CT molecular complexity index is 619. The molecule has 5 nitrogen and oxygen atoms in total. The highest BCUT2D eigenvalue weighted by Gasteiger charge is 2.17. The Balaban J connectivity index is 1.95. The summed E-state index contributed by atoms with van der Waals surface area (Å²) in [6.07, 6.45) is 0. The van der Waals surface area contributed by atoms with Crippen molar-refractivity contribution in [3.8, 4) is 0 Å². The van der Waals surface area contributed by atoms with Crippen LogP contribution in [0.1, 0.15) is 16.3 Å². The Labute approximate surface area is 126 Å².